The third-order valence-corrected chi connectivity index (χ3v) is 5.91. The maximum Gasteiger partial charge on any atom is 0.240 e. The highest BCUT2D eigenvalue weighted by atomic mass is 35.5. The number of carbonyl (C=O) groups excluding carboxylic acids is 1. The average molecular weight is 367 g/mol. The van der Waals surface area contributed by atoms with Gasteiger partial charge in [0, 0.05) is 19.8 Å². The van der Waals surface area contributed by atoms with Crippen LogP contribution in [-0.4, -0.2) is 34.1 Å². The van der Waals surface area contributed by atoms with E-state index in [-0.39, 0.29) is 21.5 Å². The summed E-state index contributed by atoms with van der Waals surface area (Å²) < 4.78 is 32.2. The Morgan fingerprint density at radius 3 is 2.45 bits per heavy atom. The van der Waals surface area contributed by atoms with Gasteiger partial charge >= 0.3 is 0 Å². The molecule has 1 saturated heterocycles. The molecule has 0 atom stereocenters. The Labute approximate surface area is 139 Å². The Morgan fingerprint density at radius 1 is 1.27 bits per heavy atom. The van der Waals surface area contributed by atoms with Gasteiger partial charge in [0.15, 0.2) is 0 Å². The maximum absolute atomic E-state index is 12.3. The molecule has 22 heavy (non-hydrogen) atoms. The number of amides is 1. The van der Waals surface area contributed by atoms with Crippen LogP contribution in [0.1, 0.15) is 12.8 Å². The molecule has 0 radical (unpaired) electrons. The fraction of sp³-hybridized carbons (Fsp3) is 0.462. The lowest BCUT2D eigenvalue weighted by Crippen LogP contribution is -2.49. The van der Waals surface area contributed by atoms with Gasteiger partial charge in [0.2, 0.25) is 15.9 Å². The zero-order valence-corrected chi connectivity index (χ0v) is 14.0. The third kappa shape index (κ3) is 3.72. The molecule has 1 amide bonds. The molecule has 1 aliphatic rings. The molecule has 6 nitrogen and oxygen atoms in total. The van der Waals surface area contributed by atoms with Gasteiger partial charge in [0.05, 0.1) is 20.4 Å². The number of ether oxygens (including phenoxy) is 1. The second-order valence-corrected chi connectivity index (χ2v) is 7.74. The van der Waals surface area contributed by atoms with Gasteiger partial charge in [-0.3, -0.25) is 4.79 Å². The van der Waals surface area contributed by atoms with E-state index in [1.807, 2.05) is 0 Å². The first-order chi connectivity index (χ1) is 10.3. The van der Waals surface area contributed by atoms with E-state index in [0.29, 0.717) is 26.1 Å². The Morgan fingerprint density at radius 2 is 1.91 bits per heavy atom. The monoisotopic (exact) mass is 366 g/mol. The van der Waals surface area contributed by atoms with E-state index in [4.69, 9.17) is 33.7 Å². The van der Waals surface area contributed by atoms with Crippen molar-refractivity contribution in [3.63, 3.8) is 0 Å². The molecule has 0 aliphatic carbocycles. The van der Waals surface area contributed by atoms with Crippen LogP contribution in [0.5, 0.6) is 0 Å². The Kier molecular flexibility index (Phi) is 5.34. The summed E-state index contributed by atoms with van der Waals surface area (Å²) in [6, 6.07) is 4.00. The standard InChI is InChI=1S/C13H16Cl2N2O4S/c14-10-2-1-9(7-11(10)15)22(19,20)17-8-13(12(16)18)3-5-21-6-4-13/h1-2,7,17H,3-6,8H2,(H2,16,18). The predicted molar refractivity (Wildman–Crippen MR) is 83.3 cm³/mol. The lowest BCUT2D eigenvalue weighted by Gasteiger charge is -2.34. The first-order valence-electron chi connectivity index (χ1n) is 6.59. The number of hydrogen-bond donors (Lipinski definition) is 2. The molecular formula is C13H16Cl2N2O4S. The van der Waals surface area contributed by atoms with Crippen LogP contribution in [0.15, 0.2) is 23.1 Å². The molecule has 3 N–H and O–H groups in total. The van der Waals surface area contributed by atoms with Crippen LogP contribution in [0, 0.1) is 5.41 Å². The van der Waals surface area contributed by atoms with Crippen molar-refractivity contribution in [2.75, 3.05) is 19.8 Å². The van der Waals surface area contributed by atoms with E-state index in [0.717, 1.165) is 0 Å². The SMILES string of the molecule is NC(=O)C1(CNS(=O)(=O)c2ccc(Cl)c(Cl)c2)CCOCC1. The minimum Gasteiger partial charge on any atom is -0.381 e. The van der Waals surface area contributed by atoms with Gasteiger partial charge in [-0.2, -0.15) is 0 Å². The van der Waals surface area contributed by atoms with Gasteiger partial charge in [-0.05, 0) is 31.0 Å². The molecule has 2 rings (SSSR count). The van der Waals surface area contributed by atoms with Crippen molar-refractivity contribution in [3.05, 3.63) is 28.2 Å². The first-order valence-corrected chi connectivity index (χ1v) is 8.83. The summed E-state index contributed by atoms with van der Waals surface area (Å²) in [4.78, 5) is 11.7. The van der Waals surface area contributed by atoms with Crippen molar-refractivity contribution in [3.8, 4) is 0 Å². The summed E-state index contributed by atoms with van der Waals surface area (Å²) in [5.74, 6) is -0.535. The normalized spacial score (nSPS) is 18.1. The van der Waals surface area contributed by atoms with Crippen LogP contribution in [0.25, 0.3) is 0 Å². The van der Waals surface area contributed by atoms with Crippen LogP contribution < -0.4 is 10.5 Å². The van der Waals surface area contributed by atoms with Crippen molar-refractivity contribution in [1.82, 2.24) is 4.72 Å². The summed E-state index contributed by atoms with van der Waals surface area (Å²) in [6.45, 7) is 0.670. The Balaban J connectivity index is 2.17. The molecule has 1 fully saturated rings. The van der Waals surface area contributed by atoms with Crippen molar-refractivity contribution >= 4 is 39.1 Å². The summed E-state index contributed by atoms with van der Waals surface area (Å²) in [5, 5.41) is 0.402. The second-order valence-electron chi connectivity index (χ2n) is 5.16. The van der Waals surface area contributed by atoms with Crippen molar-refractivity contribution in [1.29, 1.82) is 0 Å². The zero-order chi connectivity index (χ0) is 16.4. The van der Waals surface area contributed by atoms with Crippen molar-refractivity contribution in [2.45, 2.75) is 17.7 Å². The van der Waals surface area contributed by atoms with E-state index >= 15 is 0 Å². The average Bonchev–Trinajstić information content (AvgIpc) is 2.49. The number of primary amides is 1. The molecule has 0 saturated carbocycles. The number of nitrogens with one attached hydrogen (secondary N) is 1. The summed E-state index contributed by atoms with van der Waals surface area (Å²) in [6.07, 6.45) is 0.762. The van der Waals surface area contributed by atoms with E-state index < -0.39 is 21.3 Å². The highest BCUT2D eigenvalue weighted by Crippen LogP contribution is 2.30. The van der Waals surface area contributed by atoms with E-state index in [1.165, 1.54) is 18.2 Å². The quantitative estimate of drug-likeness (QED) is 0.825. The highest BCUT2D eigenvalue weighted by Gasteiger charge is 2.39. The summed E-state index contributed by atoms with van der Waals surface area (Å²) in [5.41, 5.74) is 4.52. The van der Waals surface area contributed by atoms with Gasteiger partial charge in [-0.1, -0.05) is 23.2 Å². The largest absolute Gasteiger partial charge is 0.381 e. The van der Waals surface area contributed by atoms with Gasteiger partial charge in [-0.15, -0.1) is 0 Å². The smallest absolute Gasteiger partial charge is 0.240 e. The number of halogens is 2. The maximum atomic E-state index is 12.3. The molecule has 0 unspecified atom stereocenters. The van der Waals surface area contributed by atoms with E-state index in [1.54, 1.807) is 0 Å². The fourth-order valence-electron chi connectivity index (χ4n) is 2.23. The van der Waals surface area contributed by atoms with Crippen LogP contribution in [0.2, 0.25) is 10.0 Å². The fourth-order valence-corrected chi connectivity index (χ4v) is 3.75. The molecule has 122 valence electrons. The van der Waals surface area contributed by atoms with E-state index in [9.17, 15) is 13.2 Å². The summed E-state index contributed by atoms with van der Waals surface area (Å²) in [7, 11) is -3.81. The number of hydrogen-bond acceptors (Lipinski definition) is 4. The van der Waals surface area contributed by atoms with Crippen molar-refractivity contribution < 1.29 is 17.9 Å². The molecule has 0 spiro atoms. The van der Waals surface area contributed by atoms with Gasteiger partial charge in [0.25, 0.3) is 0 Å². The Bertz CT molecular complexity index is 673. The van der Waals surface area contributed by atoms with Crippen LogP contribution in [0.3, 0.4) is 0 Å². The Hall–Kier alpha value is -0.860. The minimum atomic E-state index is -3.81. The number of benzene rings is 1. The number of nitrogens with two attached hydrogens (primary N) is 1. The number of carbonyl (C=O) groups is 1. The number of rotatable bonds is 5. The van der Waals surface area contributed by atoms with Gasteiger partial charge in [-0.25, -0.2) is 13.1 Å². The lowest BCUT2D eigenvalue weighted by molar-refractivity contribution is -0.132. The molecule has 1 heterocycles. The molecule has 0 aromatic heterocycles. The highest BCUT2D eigenvalue weighted by molar-refractivity contribution is 7.89. The van der Waals surface area contributed by atoms with Crippen LogP contribution in [-0.2, 0) is 19.6 Å². The van der Waals surface area contributed by atoms with Gasteiger partial charge in [0.1, 0.15) is 0 Å². The van der Waals surface area contributed by atoms with Gasteiger partial charge < -0.3 is 10.5 Å². The lowest BCUT2D eigenvalue weighted by atomic mass is 9.80. The second kappa shape index (κ2) is 6.72. The molecule has 1 aromatic rings. The zero-order valence-electron chi connectivity index (χ0n) is 11.6. The molecule has 0 bridgehead atoms. The van der Waals surface area contributed by atoms with Crippen LogP contribution in [0.4, 0.5) is 0 Å². The molecule has 1 aromatic carbocycles. The minimum absolute atomic E-state index is 0.0198. The summed E-state index contributed by atoms with van der Waals surface area (Å²) >= 11 is 11.6. The third-order valence-electron chi connectivity index (χ3n) is 3.77. The topological polar surface area (TPSA) is 98.5 Å². The molecule has 9 heteroatoms. The van der Waals surface area contributed by atoms with Crippen LogP contribution >= 0.6 is 23.2 Å². The number of sulfonamides is 1. The van der Waals surface area contributed by atoms with E-state index in [2.05, 4.69) is 4.72 Å². The predicted octanol–water partition coefficient (Wildman–Crippen LogP) is 1.55. The van der Waals surface area contributed by atoms with Crippen molar-refractivity contribution in [2.24, 2.45) is 11.1 Å². The molecular weight excluding hydrogens is 351 g/mol. The first kappa shape index (κ1) is 17.5. The molecule has 1 aliphatic heterocycles.